The zero-order valence-electron chi connectivity index (χ0n) is 20.4. The van der Waals surface area contributed by atoms with Crippen molar-refractivity contribution < 1.29 is 22.4 Å². The highest BCUT2D eigenvalue weighted by molar-refractivity contribution is 7.89. The Morgan fingerprint density at radius 1 is 1.00 bits per heavy atom. The number of nitrogens with zero attached hydrogens (tertiary/aromatic N) is 2. The zero-order chi connectivity index (χ0) is 25.5. The number of halogens is 1. The molecule has 2 rings (SSSR count). The third kappa shape index (κ3) is 7.11. The fourth-order valence-corrected chi connectivity index (χ4v) is 4.52. The Hall–Kier alpha value is -2.78. The van der Waals surface area contributed by atoms with Gasteiger partial charge in [-0.25, -0.2) is 12.8 Å². The summed E-state index contributed by atoms with van der Waals surface area (Å²) in [6, 6.07) is 11.1. The van der Waals surface area contributed by atoms with Crippen molar-refractivity contribution in [3.8, 4) is 0 Å². The molecule has 0 saturated carbocycles. The molecule has 2 atom stereocenters. The van der Waals surface area contributed by atoms with Crippen LogP contribution in [0.2, 0.25) is 0 Å². The minimum Gasteiger partial charge on any atom is -0.352 e. The van der Waals surface area contributed by atoms with Gasteiger partial charge in [0, 0.05) is 19.6 Å². The molecular weight excluding hydrogens is 457 g/mol. The molecule has 9 heteroatoms. The molecule has 34 heavy (non-hydrogen) atoms. The topological polar surface area (TPSA) is 86.8 Å². The summed E-state index contributed by atoms with van der Waals surface area (Å²) in [5.74, 6) is -1.24. The fraction of sp³-hybridized carbons (Fsp3) is 0.440. The number of hydrogen-bond acceptors (Lipinski definition) is 4. The van der Waals surface area contributed by atoms with E-state index in [1.54, 1.807) is 31.2 Å². The average molecular weight is 492 g/mol. The molecule has 0 aliphatic carbocycles. The second-order valence-electron chi connectivity index (χ2n) is 8.46. The van der Waals surface area contributed by atoms with Crippen molar-refractivity contribution >= 4 is 21.8 Å². The minimum absolute atomic E-state index is 0.0456. The summed E-state index contributed by atoms with van der Waals surface area (Å²) in [7, 11) is -2.57. The van der Waals surface area contributed by atoms with Crippen LogP contribution in [-0.4, -0.2) is 55.1 Å². The molecule has 0 aromatic heterocycles. The molecule has 0 spiro atoms. The van der Waals surface area contributed by atoms with Gasteiger partial charge < -0.3 is 10.2 Å². The van der Waals surface area contributed by atoms with Crippen LogP contribution >= 0.6 is 0 Å². The van der Waals surface area contributed by atoms with E-state index in [1.807, 2.05) is 20.8 Å². The Labute approximate surface area is 202 Å². The summed E-state index contributed by atoms with van der Waals surface area (Å²) in [6.07, 6.45) is 1.06. The maximum absolute atomic E-state index is 13.4. The Kier molecular flexibility index (Phi) is 9.76. The summed E-state index contributed by atoms with van der Waals surface area (Å²) in [5.41, 5.74) is 1.55. The van der Waals surface area contributed by atoms with Crippen molar-refractivity contribution in [2.75, 3.05) is 13.6 Å². The van der Waals surface area contributed by atoms with Gasteiger partial charge in [-0.3, -0.25) is 9.59 Å². The SMILES string of the molecule is CCC(C)NC(=O)C(CC)N(Cc1ccc(F)cc1)C(=O)CN(C)S(=O)(=O)c1ccc(C)cc1. The normalized spacial score (nSPS) is 13.4. The van der Waals surface area contributed by atoms with E-state index in [1.165, 1.54) is 36.2 Å². The minimum atomic E-state index is -3.90. The smallest absolute Gasteiger partial charge is 0.243 e. The Balaban J connectivity index is 2.32. The molecule has 0 aliphatic heterocycles. The van der Waals surface area contributed by atoms with Crippen LogP contribution in [0, 0.1) is 12.7 Å². The number of likely N-dealkylation sites (N-methyl/N-ethyl adjacent to an activating group) is 1. The molecule has 2 aromatic carbocycles. The number of hydrogen-bond donors (Lipinski definition) is 1. The molecule has 0 aliphatic rings. The van der Waals surface area contributed by atoms with Crippen molar-refractivity contribution in [1.29, 1.82) is 0 Å². The van der Waals surface area contributed by atoms with Gasteiger partial charge >= 0.3 is 0 Å². The third-order valence-electron chi connectivity index (χ3n) is 5.74. The number of sulfonamides is 1. The van der Waals surface area contributed by atoms with E-state index >= 15 is 0 Å². The number of aryl methyl sites for hydroxylation is 1. The average Bonchev–Trinajstić information content (AvgIpc) is 2.80. The monoisotopic (exact) mass is 491 g/mol. The van der Waals surface area contributed by atoms with Gasteiger partial charge in [-0.2, -0.15) is 4.31 Å². The summed E-state index contributed by atoms with van der Waals surface area (Å²) in [6.45, 7) is 7.07. The van der Waals surface area contributed by atoms with Gasteiger partial charge in [-0.15, -0.1) is 0 Å². The van der Waals surface area contributed by atoms with Crippen molar-refractivity contribution in [1.82, 2.24) is 14.5 Å². The molecule has 186 valence electrons. The first-order valence-corrected chi connectivity index (χ1v) is 12.8. The number of amides is 2. The molecule has 2 amide bonds. The van der Waals surface area contributed by atoms with Gasteiger partial charge in [0.15, 0.2) is 0 Å². The van der Waals surface area contributed by atoms with Gasteiger partial charge in [0.1, 0.15) is 11.9 Å². The maximum atomic E-state index is 13.4. The largest absolute Gasteiger partial charge is 0.352 e. The predicted molar refractivity (Wildman–Crippen MR) is 130 cm³/mol. The number of benzene rings is 2. The molecule has 0 radical (unpaired) electrons. The second-order valence-corrected chi connectivity index (χ2v) is 10.5. The first-order valence-electron chi connectivity index (χ1n) is 11.4. The second kappa shape index (κ2) is 12.1. The van der Waals surface area contributed by atoms with E-state index in [2.05, 4.69) is 5.32 Å². The number of rotatable bonds is 11. The van der Waals surface area contributed by atoms with Crippen molar-refractivity contribution in [3.63, 3.8) is 0 Å². The number of nitrogens with one attached hydrogen (secondary N) is 1. The van der Waals surface area contributed by atoms with Crippen LogP contribution in [0.15, 0.2) is 53.4 Å². The first-order chi connectivity index (χ1) is 16.0. The van der Waals surface area contributed by atoms with Gasteiger partial charge in [0.2, 0.25) is 21.8 Å². The lowest BCUT2D eigenvalue weighted by molar-refractivity contribution is -0.141. The highest BCUT2D eigenvalue weighted by Gasteiger charge is 2.32. The van der Waals surface area contributed by atoms with Crippen molar-refractivity contribution in [2.24, 2.45) is 0 Å². The highest BCUT2D eigenvalue weighted by Crippen LogP contribution is 2.18. The quantitative estimate of drug-likeness (QED) is 0.521. The lowest BCUT2D eigenvalue weighted by atomic mass is 10.1. The lowest BCUT2D eigenvalue weighted by Gasteiger charge is -2.32. The molecule has 7 nitrogen and oxygen atoms in total. The van der Waals surface area contributed by atoms with Crippen LogP contribution in [0.5, 0.6) is 0 Å². The van der Waals surface area contributed by atoms with E-state index in [0.717, 1.165) is 16.3 Å². The van der Waals surface area contributed by atoms with Crippen LogP contribution < -0.4 is 5.32 Å². The van der Waals surface area contributed by atoms with E-state index in [-0.39, 0.29) is 23.4 Å². The maximum Gasteiger partial charge on any atom is 0.243 e. The predicted octanol–water partition coefficient (Wildman–Crippen LogP) is 3.48. The third-order valence-corrected chi connectivity index (χ3v) is 7.56. The Morgan fingerprint density at radius 2 is 1.59 bits per heavy atom. The van der Waals surface area contributed by atoms with Crippen molar-refractivity contribution in [2.45, 2.75) is 64.1 Å². The number of carbonyl (C=O) groups excluding carboxylic acids is 2. The lowest BCUT2D eigenvalue weighted by Crippen LogP contribution is -2.53. The summed E-state index contributed by atoms with van der Waals surface area (Å²) < 4.78 is 40.4. The molecule has 0 heterocycles. The van der Waals surface area contributed by atoms with Crippen molar-refractivity contribution in [3.05, 3.63) is 65.5 Å². The van der Waals surface area contributed by atoms with Crippen LogP contribution in [-0.2, 0) is 26.2 Å². The molecule has 0 bridgehead atoms. The fourth-order valence-electron chi connectivity index (χ4n) is 3.40. The van der Waals surface area contributed by atoms with Crippen LogP contribution in [0.25, 0.3) is 0 Å². The van der Waals surface area contributed by atoms with E-state index in [0.29, 0.717) is 12.0 Å². The van der Waals surface area contributed by atoms with E-state index < -0.39 is 34.3 Å². The zero-order valence-corrected chi connectivity index (χ0v) is 21.2. The molecule has 0 fully saturated rings. The molecule has 1 N–H and O–H groups in total. The number of carbonyl (C=O) groups is 2. The Bertz CT molecular complexity index is 1070. The Morgan fingerprint density at radius 3 is 2.12 bits per heavy atom. The van der Waals surface area contributed by atoms with E-state index in [4.69, 9.17) is 0 Å². The molecule has 2 unspecified atom stereocenters. The van der Waals surface area contributed by atoms with E-state index in [9.17, 15) is 22.4 Å². The van der Waals surface area contributed by atoms with Gasteiger partial charge in [-0.1, -0.05) is 43.7 Å². The summed E-state index contributed by atoms with van der Waals surface area (Å²) >= 11 is 0. The molecule has 2 aromatic rings. The van der Waals surface area contributed by atoms with Crippen LogP contribution in [0.4, 0.5) is 4.39 Å². The first kappa shape index (κ1) is 27.5. The van der Waals surface area contributed by atoms with Crippen LogP contribution in [0.1, 0.15) is 44.7 Å². The molecular formula is C25H34FN3O4S. The standard InChI is InChI=1S/C25H34FN3O4S/c1-6-19(4)27-25(31)23(7-2)29(16-20-10-12-21(26)13-11-20)24(30)17-28(5)34(32,33)22-14-8-18(3)9-15-22/h8-15,19,23H,6-7,16-17H2,1-5H3,(H,27,31). The summed E-state index contributed by atoms with van der Waals surface area (Å²) in [4.78, 5) is 27.8. The highest BCUT2D eigenvalue weighted by atomic mass is 32.2. The van der Waals surface area contributed by atoms with Gasteiger partial charge in [-0.05, 0) is 56.5 Å². The van der Waals surface area contributed by atoms with Crippen LogP contribution in [0.3, 0.4) is 0 Å². The van der Waals surface area contributed by atoms with Gasteiger partial charge in [0.25, 0.3) is 0 Å². The van der Waals surface area contributed by atoms with Gasteiger partial charge in [0.05, 0.1) is 11.4 Å². The molecule has 0 saturated heterocycles. The summed E-state index contributed by atoms with van der Waals surface area (Å²) in [5, 5.41) is 2.90.